The number of furan rings is 1. The van der Waals surface area contributed by atoms with Gasteiger partial charge in [-0.1, -0.05) is 24.3 Å². The van der Waals surface area contributed by atoms with Gasteiger partial charge >= 0.3 is 0 Å². The quantitative estimate of drug-likeness (QED) is 0.447. The fraction of sp³-hybridized carbons (Fsp3) is 0.300. The Labute approximate surface area is 223 Å². The van der Waals surface area contributed by atoms with Crippen molar-refractivity contribution in [2.24, 2.45) is 4.99 Å². The summed E-state index contributed by atoms with van der Waals surface area (Å²) >= 11 is 0. The van der Waals surface area contributed by atoms with Crippen LogP contribution in [0, 0.1) is 13.8 Å². The van der Waals surface area contributed by atoms with Crippen LogP contribution in [0.25, 0.3) is 0 Å². The Kier molecular flexibility index (Phi) is 7.58. The number of amides is 2. The van der Waals surface area contributed by atoms with Gasteiger partial charge in [0.2, 0.25) is 0 Å². The molecule has 2 N–H and O–H groups in total. The Morgan fingerprint density at radius 3 is 2.37 bits per heavy atom. The number of aryl methyl sites for hydroxylation is 2. The number of para-hydroxylation sites is 1. The maximum absolute atomic E-state index is 13.0. The van der Waals surface area contributed by atoms with Crippen LogP contribution in [0.1, 0.15) is 45.1 Å². The van der Waals surface area contributed by atoms with Gasteiger partial charge in [0, 0.05) is 68.7 Å². The standard InChI is InChI=1S/C30H33N5O3/c1-21-6-3-4-8-26(21)34-16-18-35(19-17-34)27-11-10-23(29(36)32-15-13-24-7-5-14-31-24)20-25(27)33-30(37)28-12-9-22(2)38-28/h3-4,6-12,14,20H,5,13,15-19H2,1-2H3,(H,32,36)(H,33,37). The van der Waals surface area contributed by atoms with E-state index >= 15 is 0 Å². The van der Waals surface area contributed by atoms with E-state index in [-0.39, 0.29) is 17.6 Å². The number of allylic oxidation sites excluding steroid dienone is 1. The zero-order valence-electron chi connectivity index (χ0n) is 21.9. The van der Waals surface area contributed by atoms with Crippen molar-refractivity contribution < 1.29 is 14.0 Å². The van der Waals surface area contributed by atoms with Crippen molar-refractivity contribution in [2.45, 2.75) is 26.7 Å². The first-order valence-electron chi connectivity index (χ1n) is 13.0. The molecule has 1 fully saturated rings. The minimum atomic E-state index is -0.346. The monoisotopic (exact) mass is 511 g/mol. The van der Waals surface area contributed by atoms with Crippen molar-refractivity contribution in [1.29, 1.82) is 0 Å². The van der Waals surface area contributed by atoms with Crippen LogP contribution in [0.5, 0.6) is 0 Å². The number of carbonyl (C=O) groups is 2. The van der Waals surface area contributed by atoms with Crippen molar-refractivity contribution in [1.82, 2.24) is 5.32 Å². The molecule has 5 rings (SSSR count). The molecule has 3 heterocycles. The molecule has 0 atom stereocenters. The lowest BCUT2D eigenvalue weighted by Crippen LogP contribution is -2.47. The van der Waals surface area contributed by atoms with Crippen LogP contribution in [0.15, 0.2) is 75.8 Å². The van der Waals surface area contributed by atoms with Gasteiger partial charge in [0.05, 0.1) is 11.4 Å². The number of benzene rings is 2. The van der Waals surface area contributed by atoms with Crippen LogP contribution in [0.3, 0.4) is 0 Å². The molecule has 196 valence electrons. The van der Waals surface area contributed by atoms with Gasteiger partial charge in [-0.15, -0.1) is 0 Å². The SMILES string of the molecule is Cc1ccc(C(=O)Nc2cc(C(=O)NCCC3=CCC=N3)ccc2N2CCN(c3ccccc3C)CC2)o1. The fourth-order valence-corrected chi connectivity index (χ4v) is 4.88. The highest BCUT2D eigenvalue weighted by Gasteiger charge is 2.23. The van der Waals surface area contributed by atoms with Gasteiger partial charge in [-0.05, 0) is 55.8 Å². The molecule has 1 aromatic heterocycles. The molecule has 8 heteroatoms. The Morgan fingerprint density at radius 2 is 1.68 bits per heavy atom. The van der Waals surface area contributed by atoms with E-state index in [9.17, 15) is 9.59 Å². The summed E-state index contributed by atoms with van der Waals surface area (Å²) in [5.74, 6) is 0.366. The summed E-state index contributed by atoms with van der Waals surface area (Å²) in [6.07, 6.45) is 5.46. The lowest BCUT2D eigenvalue weighted by Gasteiger charge is -2.38. The van der Waals surface area contributed by atoms with Crippen LogP contribution < -0.4 is 20.4 Å². The Morgan fingerprint density at radius 1 is 0.921 bits per heavy atom. The van der Waals surface area contributed by atoms with Gasteiger partial charge in [0.1, 0.15) is 5.76 Å². The lowest BCUT2D eigenvalue weighted by atomic mass is 10.1. The maximum atomic E-state index is 13.0. The zero-order valence-corrected chi connectivity index (χ0v) is 21.9. The number of nitrogens with zero attached hydrogens (tertiary/aromatic N) is 3. The molecule has 2 amide bonds. The molecule has 0 radical (unpaired) electrons. The van der Waals surface area contributed by atoms with E-state index in [1.807, 2.05) is 18.3 Å². The summed E-state index contributed by atoms with van der Waals surface area (Å²) in [6, 6.07) is 17.3. The molecule has 0 aliphatic carbocycles. The van der Waals surface area contributed by atoms with Crippen molar-refractivity contribution in [3.05, 3.63) is 89.0 Å². The predicted octanol–water partition coefficient (Wildman–Crippen LogP) is 4.95. The number of hydrogen-bond acceptors (Lipinski definition) is 6. The second-order valence-electron chi connectivity index (χ2n) is 9.61. The van der Waals surface area contributed by atoms with Crippen molar-refractivity contribution in [3.8, 4) is 0 Å². The lowest BCUT2D eigenvalue weighted by molar-refractivity contribution is 0.0952. The number of nitrogens with one attached hydrogen (secondary N) is 2. The van der Waals surface area contributed by atoms with Gasteiger partial charge in [-0.2, -0.15) is 0 Å². The summed E-state index contributed by atoms with van der Waals surface area (Å²) < 4.78 is 5.53. The molecule has 2 aliphatic heterocycles. The Bertz CT molecular complexity index is 1380. The number of rotatable bonds is 8. The van der Waals surface area contributed by atoms with E-state index in [2.05, 4.69) is 62.7 Å². The Balaban J connectivity index is 1.32. The van der Waals surface area contributed by atoms with E-state index < -0.39 is 0 Å². The van der Waals surface area contributed by atoms with E-state index in [1.165, 1.54) is 11.3 Å². The van der Waals surface area contributed by atoms with Crippen LogP contribution in [0.2, 0.25) is 0 Å². The van der Waals surface area contributed by atoms with E-state index in [0.29, 0.717) is 30.0 Å². The molecular weight excluding hydrogens is 478 g/mol. The third-order valence-electron chi connectivity index (χ3n) is 6.93. The predicted molar refractivity (Wildman–Crippen MR) is 152 cm³/mol. The third kappa shape index (κ3) is 5.80. The second-order valence-corrected chi connectivity index (χ2v) is 9.61. The van der Waals surface area contributed by atoms with Gasteiger partial charge in [-0.3, -0.25) is 14.6 Å². The minimum Gasteiger partial charge on any atom is -0.456 e. The maximum Gasteiger partial charge on any atom is 0.291 e. The second kappa shape index (κ2) is 11.4. The molecular formula is C30H33N5O3. The average molecular weight is 512 g/mol. The highest BCUT2D eigenvalue weighted by atomic mass is 16.3. The van der Waals surface area contributed by atoms with E-state index in [1.54, 1.807) is 25.1 Å². The van der Waals surface area contributed by atoms with Crippen molar-refractivity contribution in [3.63, 3.8) is 0 Å². The third-order valence-corrected chi connectivity index (χ3v) is 6.93. The molecule has 2 aliphatic rings. The molecule has 0 spiro atoms. The molecule has 3 aromatic rings. The minimum absolute atomic E-state index is 0.187. The summed E-state index contributed by atoms with van der Waals surface area (Å²) in [5, 5.41) is 5.95. The topological polar surface area (TPSA) is 90.2 Å². The fourth-order valence-electron chi connectivity index (χ4n) is 4.88. The first kappa shape index (κ1) is 25.3. The van der Waals surface area contributed by atoms with Gasteiger partial charge in [0.25, 0.3) is 11.8 Å². The average Bonchev–Trinajstić information content (AvgIpc) is 3.61. The summed E-state index contributed by atoms with van der Waals surface area (Å²) in [6.45, 7) is 7.72. The van der Waals surface area contributed by atoms with E-state index in [0.717, 1.165) is 44.0 Å². The molecule has 0 unspecified atom stereocenters. The first-order chi connectivity index (χ1) is 18.5. The molecule has 38 heavy (non-hydrogen) atoms. The van der Waals surface area contributed by atoms with Crippen LogP contribution in [-0.4, -0.2) is 50.8 Å². The number of anilines is 3. The highest BCUT2D eigenvalue weighted by Crippen LogP contribution is 2.30. The smallest absolute Gasteiger partial charge is 0.291 e. The largest absolute Gasteiger partial charge is 0.456 e. The number of carbonyl (C=O) groups excluding carboxylic acids is 2. The molecule has 0 saturated carbocycles. The van der Waals surface area contributed by atoms with Gasteiger partial charge in [-0.25, -0.2) is 0 Å². The zero-order chi connectivity index (χ0) is 26.5. The molecule has 0 bridgehead atoms. The van der Waals surface area contributed by atoms with E-state index in [4.69, 9.17) is 4.42 Å². The molecule has 1 saturated heterocycles. The van der Waals surface area contributed by atoms with Crippen molar-refractivity contribution >= 4 is 35.1 Å². The summed E-state index contributed by atoms with van der Waals surface area (Å²) in [7, 11) is 0. The van der Waals surface area contributed by atoms with Crippen LogP contribution >= 0.6 is 0 Å². The Hall–Kier alpha value is -4.33. The molecule has 8 nitrogen and oxygen atoms in total. The first-order valence-corrected chi connectivity index (χ1v) is 13.0. The summed E-state index contributed by atoms with van der Waals surface area (Å²) in [4.78, 5) is 34.9. The number of piperazine rings is 1. The van der Waals surface area contributed by atoms with Gasteiger partial charge in [0.15, 0.2) is 5.76 Å². The van der Waals surface area contributed by atoms with Crippen LogP contribution in [0.4, 0.5) is 17.1 Å². The summed E-state index contributed by atoms with van der Waals surface area (Å²) in [5.41, 5.74) is 5.46. The number of aliphatic imine (C=N–C) groups is 1. The highest BCUT2D eigenvalue weighted by molar-refractivity contribution is 6.05. The van der Waals surface area contributed by atoms with Gasteiger partial charge < -0.3 is 24.9 Å². The van der Waals surface area contributed by atoms with Crippen molar-refractivity contribution in [2.75, 3.05) is 47.8 Å². The number of hydrogen-bond donors (Lipinski definition) is 2. The van der Waals surface area contributed by atoms with Crippen LogP contribution in [-0.2, 0) is 0 Å². The normalized spacial score (nSPS) is 14.9. The molecule has 2 aromatic carbocycles.